The van der Waals surface area contributed by atoms with Gasteiger partial charge >= 0.3 is 5.97 Å². The standard InChI is InChI=1S/C26H25N3O3/c1-16-7-12-20-21(14-16)29-24(30)22(20)23(17-6-5-13-27-15-17)28-19-10-8-18(9-11-19)26(2,3)25(31)32-4/h5-15,29-30H,1-4H3. The number of aryl methyl sites for hydroxylation is 1. The summed E-state index contributed by atoms with van der Waals surface area (Å²) in [6.07, 6.45) is 3.42. The average Bonchev–Trinajstić information content (AvgIpc) is 3.12. The first-order valence-corrected chi connectivity index (χ1v) is 10.3. The van der Waals surface area contributed by atoms with E-state index in [0.717, 1.165) is 27.6 Å². The minimum absolute atomic E-state index is 0.0525. The fourth-order valence-electron chi connectivity index (χ4n) is 3.76. The normalized spacial score (nSPS) is 12.2. The van der Waals surface area contributed by atoms with E-state index in [-0.39, 0.29) is 11.8 Å². The second-order valence-corrected chi connectivity index (χ2v) is 8.26. The molecule has 0 aliphatic carbocycles. The number of nitrogens with one attached hydrogen (secondary N) is 1. The largest absolute Gasteiger partial charge is 0.494 e. The summed E-state index contributed by atoms with van der Waals surface area (Å²) in [7, 11) is 1.39. The number of aliphatic imine (C=N–C) groups is 1. The molecule has 0 unspecified atom stereocenters. The van der Waals surface area contributed by atoms with Crippen LogP contribution in [0.4, 0.5) is 5.69 Å². The molecule has 2 aromatic carbocycles. The van der Waals surface area contributed by atoms with Crippen LogP contribution in [0.25, 0.3) is 10.9 Å². The van der Waals surface area contributed by atoms with Gasteiger partial charge in [0.05, 0.1) is 29.5 Å². The van der Waals surface area contributed by atoms with Crippen molar-refractivity contribution < 1.29 is 14.6 Å². The summed E-state index contributed by atoms with van der Waals surface area (Å²) >= 11 is 0. The molecular formula is C26H25N3O3. The molecule has 0 spiro atoms. The van der Waals surface area contributed by atoms with Crippen molar-refractivity contribution in [3.05, 3.63) is 89.2 Å². The van der Waals surface area contributed by atoms with Crippen molar-refractivity contribution >= 4 is 28.3 Å². The number of aromatic nitrogens is 2. The first-order chi connectivity index (χ1) is 15.3. The number of nitrogens with zero attached hydrogens (tertiary/aromatic N) is 2. The number of carbonyl (C=O) groups is 1. The van der Waals surface area contributed by atoms with E-state index in [2.05, 4.69) is 9.97 Å². The van der Waals surface area contributed by atoms with Crippen LogP contribution in [0, 0.1) is 6.92 Å². The zero-order valence-corrected chi connectivity index (χ0v) is 18.5. The summed E-state index contributed by atoms with van der Waals surface area (Å²) in [6, 6.07) is 17.2. The number of fused-ring (bicyclic) bond motifs is 1. The number of aromatic amines is 1. The number of methoxy groups -OCH3 is 1. The summed E-state index contributed by atoms with van der Waals surface area (Å²) in [4.78, 5) is 24.3. The van der Waals surface area contributed by atoms with Gasteiger partial charge in [0.25, 0.3) is 0 Å². The Morgan fingerprint density at radius 2 is 1.88 bits per heavy atom. The van der Waals surface area contributed by atoms with Crippen molar-refractivity contribution in [2.24, 2.45) is 4.99 Å². The smallest absolute Gasteiger partial charge is 0.315 e. The van der Waals surface area contributed by atoms with Crippen LogP contribution >= 0.6 is 0 Å². The van der Waals surface area contributed by atoms with Crippen molar-refractivity contribution in [3.63, 3.8) is 0 Å². The van der Waals surface area contributed by atoms with Crippen LogP contribution < -0.4 is 0 Å². The number of hydrogen-bond acceptors (Lipinski definition) is 5. The van der Waals surface area contributed by atoms with Gasteiger partial charge in [-0.3, -0.25) is 9.78 Å². The summed E-state index contributed by atoms with van der Waals surface area (Å²) in [6.45, 7) is 5.65. The minimum atomic E-state index is -0.768. The van der Waals surface area contributed by atoms with Crippen molar-refractivity contribution in [2.45, 2.75) is 26.2 Å². The lowest BCUT2D eigenvalue weighted by Gasteiger charge is -2.22. The van der Waals surface area contributed by atoms with E-state index in [9.17, 15) is 9.90 Å². The van der Waals surface area contributed by atoms with Gasteiger partial charge < -0.3 is 14.8 Å². The van der Waals surface area contributed by atoms with Gasteiger partial charge in [-0.05, 0) is 62.2 Å². The van der Waals surface area contributed by atoms with E-state index in [1.807, 2.05) is 75.4 Å². The summed E-state index contributed by atoms with van der Waals surface area (Å²) < 4.78 is 4.93. The fourth-order valence-corrected chi connectivity index (χ4v) is 3.76. The number of pyridine rings is 1. The monoisotopic (exact) mass is 427 g/mol. The third kappa shape index (κ3) is 3.87. The van der Waals surface area contributed by atoms with Crippen LogP contribution in [-0.2, 0) is 14.9 Å². The van der Waals surface area contributed by atoms with E-state index in [0.29, 0.717) is 17.0 Å². The maximum absolute atomic E-state index is 12.1. The Hall–Kier alpha value is -3.93. The molecule has 0 amide bonds. The van der Waals surface area contributed by atoms with Gasteiger partial charge in [0.2, 0.25) is 0 Å². The second-order valence-electron chi connectivity index (χ2n) is 8.26. The molecule has 4 aromatic rings. The number of aromatic hydroxyl groups is 1. The van der Waals surface area contributed by atoms with Crippen molar-refractivity contribution in [1.29, 1.82) is 0 Å². The Kier molecular flexibility index (Phi) is 5.53. The van der Waals surface area contributed by atoms with Gasteiger partial charge in [-0.2, -0.15) is 0 Å². The van der Waals surface area contributed by atoms with Crippen LogP contribution in [0.5, 0.6) is 5.88 Å². The first-order valence-electron chi connectivity index (χ1n) is 10.3. The Morgan fingerprint density at radius 3 is 2.53 bits per heavy atom. The molecule has 6 heteroatoms. The highest BCUT2D eigenvalue weighted by Gasteiger charge is 2.30. The molecule has 2 aromatic heterocycles. The van der Waals surface area contributed by atoms with Gasteiger partial charge in [0.1, 0.15) is 0 Å². The molecule has 4 rings (SSSR count). The Labute approximate surface area is 186 Å². The average molecular weight is 428 g/mol. The maximum Gasteiger partial charge on any atom is 0.315 e. The molecule has 2 heterocycles. The van der Waals surface area contributed by atoms with E-state index in [1.165, 1.54) is 7.11 Å². The number of hydrogen-bond donors (Lipinski definition) is 2. The fraction of sp³-hybridized carbons (Fsp3) is 0.192. The molecule has 0 fully saturated rings. The summed E-state index contributed by atoms with van der Waals surface area (Å²) in [5.41, 5.74) is 4.68. The maximum atomic E-state index is 12.1. The lowest BCUT2D eigenvalue weighted by Crippen LogP contribution is -2.30. The molecule has 0 aliphatic heterocycles. The molecule has 0 bridgehead atoms. The number of ether oxygens (including phenoxy) is 1. The first kappa shape index (κ1) is 21.3. The number of H-pyrrole nitrogens is 1. The third-order valence-corrected chi connectivity index (χ3v) is 5.63. The Bertz CT molecular complexity index is 1300. The summed E-state index contributed by atoms with van der Waals surface area (Å²) in [5.74, 6) is -0.250. The minimum Gasteiger partial charge on any atom is -0.494 e. The molecule has 0 aliphatic rings. The highest BCUT2D eigenvalue weighted by Crippen LogP contribution is 2.32. The van der Waals surface area contributed by atoms with E-state index >= 15 is 0 Å². The lowest BCUT2D eigenvalue weighted by molar-refractivity contribution is -0.146. The highest BCUT2D eigenvalue weighted by molar-refractivity contribution is 6.21. The van der Waals surface area contributed by atoms with Crippen molar-refractivity contribution in [3.8, 4) is 5.88 Å². The van der Waals surface area contributed by atoms with Crippen LogP contribution in [0.1, 0.15) is 36.1 Å². The third-order valence-electron chi connectivity index (χ3n) is 5.63. The van der Waals surface area contributed by atoms with E-state index in [4.69, 9.17) is 9.73 Å². The Balaban J connectivity index is 1.85. The number of carbonyl (C=O) groups excluding carboxylic acids is 1. The van der Waals surface area contributed by atoms with Gasteiger partial charge in [-0.1, -0.05) is 24.3 Å². The van der Waals surface area contributed by atoms with Crippen LogP contribution in [0.15, 0.2) is 72.0 Å². The van der Waals surface area contributed by atoms with Crippen molar-refractivity contribution in [1.82, 2.24) is 9.97 Å². The predicted molar refractivity (Wildman–Crippen MR) is 126 cm³/mol. The summed E-state index contributed by atoms with van der Waals surface area (Å²) in [5, 5.41) is 11.6. The quantitative estimate of drug-likeness (QED) is 0.339. The number of esters is 1. The van der Waals surface area contributed by atoms with Gasteiger partial charge in [0, 0.05) is 28.9 Å². The lowest BCUT2D eigenvalue weighted by atomic mass is 9.85. The van der Waals surface area contributed by atoms with Gasteiger partial charge in [0.15, 0.2) is 5.88 Å². The molecule has 2 N–H and O–H groups in total. The predicted octanol–water partition coefficient (Wildman–Crippen LogP) is 5.20. The number of rotatable bonds is 5. The van der Waals surface area contributed by atoms with Gasteiger partial charge in [-0.25, -0.2) is 4.99 Å². The molecule has 162 valence electrons. The van der Waals surface area contributed by atoms with Gasteiger partial charge in [-0.15, -0.1) is 0 Å². The molecule has 0 saturated carbocycles. The molecule has 0 radical (unpaired) electrons. The highest BCUT2D eigenvalue weighted by atomic mass is 16.5. The molecule has 6 nitrogen and oxygen atoms in total. The molecule has 0 saturated heterocycles. The zero-order valence-electron chi connectivity index (χ0n) is 18.5. The molecule has 32 heavy (non-hydrogen) atoms. The zero-order chi connectivity index (χ0) is 22.9. The van der Waals surface area contributed by atoms with Crippen LogP contribution in [0.3, 0.4) is 0 Å². The SMILES string of the molecule is COC(=O)C(C)(C)c1ccc(N=C(c2cccnc2)c2c(O)[nH]c3cc(C)ccc23)cc1. The van der Waals surface area contributed by atoms with E-state index < -0.39 is 5.41 Å². The molecule has 0 atom stereocenters. The van der Waals surface area contributed by atoms with E-state index in [1.54, 1.807) is 12.4 Å². The van der Waals surface area contributed by atoms with Crippen LogP contribution in [0.2, 0.25) is 0 Å². The number of benzene rings is 2. The second kappa shape index (κ2) is 8.30. The Morgan fingerprint density at radius 1 is 1.12 bits per heavy atom. The van der Waals surface area contributed by atoms with Crippen LogP contribution in [-0.4, -0.2) is 33.9 Å². The molecular weight excluding hydrogens is 402 g/mol. The van der Waals surface area contributed by atoms with Crippen molar-refractivity contribution in [2.75, 3.05) is 7.11 Å². The topological polar surface area (TPSA) is 87.6 Å².